The molecule has 0 saturated heterocycles. The van der Waals surface area contributed by atoms with E-state index in [1.54, 1.807) is 25.1 Å². The summed E-state index contributed by atoms with van der Waals surface area (Å²) in [6.07, 6.45) is 5.23. The molecular formula is C17H21ClN2O2S. The molecule has 1 aromatic carbocycles. The van der Waals surface area contributed by atoms with Crippen molar-refractivity contribution < 1.29 is 9.53 Å². The van der Waals surface area contributed by atoms with Crippen molar-refractivity contribution in [3.05, 3.63) is 28.8 Å². The number of carbonyl (C=O) groups excluding carboxylic acids is 1. The second-order valence-corrected chi connectivity index (χ2v) is 7.11. The van der Waals surface area contributed by atoms with Crippen LogP contribution in [0.4, 0.5) is 5.69 Å². The molecule has 3 rings (SSSR count). The van der Waals surface area contributed by atoms with Crippen molar-refractivity contribution >= 4 is 40.6 Å². The number of fused-ring (bicyclic) bond motifs is 2. The summed E-state index contributed by atoms with van der Waals surface area (Å²) in [5.41, 5.74) is 1.13. The average molecular weight is 353 g/mol. The highest BCUT2D eigenvalue weighted by atomic mass is 35.5. The third-order valence-corrected chi connectivity index (χ3v) is 5.31. The van der Waals surface area contributed by atoms with Gasteiger partial charge in [0.2, 0.25) is 0 Å². The van der Waals surface area contributed by atoms with Crippen LogP contribution in [0, 0.1) is 11.8 Å². The quantitative estimate of drug-likeness (QED) is 0.633. The van der Waals surface area contributed by atoms with Crippen LogP contribution in [0.2, 0.25) is 5.02 Å². The number of nitrogens with one attached hydrogen (secondary N) is 2. The van der Waals surface area contributed by atoms with Crippen molar-refractivity contribution in [2.24, 2.45) is 11.8 Å². The van der Waals surface area contributed by atoms with E-state index in [1.165, 1.54) is 25.7 Å². The van der Waals surface area contributed by atoms with E-state index in [2.05, 4.69) is 10.6 Å². The number of esters is 1. The largest absolute Gasteiger partial charge is 0.462 e. The SMILES string of the molecule is CCOC(=O)c1ccc(NC(=S)N[C@H]2C[C@H]3CC[C@H]2C3)cc1Cl. The predicted octanol–water partition coefficient (Wildman–Crippen LogP) is 3.99. The molecule has 0 aliphatic heterocycles. The second-order valence-electron chi connectivity index (χ2n) is 6.29. The van der Waals surface area contributed by atoms with E-state index >= 15 is 0 Å². The molecular weight excluding hydrogens is 332 g/mol. The van der Waals surface area contributed by atoms with Gasteiger partial charge in [-0.1, -0.05) is 18.0 Å². The summed E-state index contributed by atoms with van der Waals surface area (Å²) in [4.78, 5) is 11.7. The maximum Gasteiger partial charge on any atom is 0.339 e. The first-order valence-electron chi connectivity index (χ1n) is 8.11. The molecule has 2 N–H and O–H groups in total. The van der Waals surface area contributed by atoms with Gasteiger partial charge in [-0.2, -0.15) is 0 Å². The van der Waals surface area contributed by atoms with E-state index in [4.69, 9.17) is 28.6 Å². The Bertz CT molecular complexity index is 623. The van der Waals surface area contributed by atoms with Crippen molar-refractivity contribution in [2.45, 2.75) is 38.6 Å². The van der Waals surface area contributed by atoms with Crippen molar-refractivity contribution in [2.75, 3.05) is 11.9 Å². The molecule has 2 fully saturated rings. The minimum atomic E-state index is -0.410. The molecule has 2 saturated carbocycles. The highest BCUT2D eigenvalue weighted by Gasteiger charge is 2.39. The fraction of sp³-hybridized carbons (Fsp3) is 0.529. The van der Waals surface area contributed by atoms with Crippen molar-refractivity contribution in [3.63, 3.8) is 0 Å². The van der Waals surface area contributed by atoms with E-state index in [0.717, 1.165) is 17.5 Å². The normalized spacial score (nSPS) is 25.2. The Morgan fingerprint density at radius 3 is 2.83 bits per heavy atom. The van der Waals surface area contributed by atoms with Crippen molar-refractivity contribution in [1.82, 2.24) is 5.32 Å². The Balaban J connectivity index is 1.58. The first-order chi connectivity index (χ1) is 11.1. The van der Waals surface area contributed by atoms with E-state index < -0.39 is 5.97 Å². The predicted molar refractivity (Wildman–Crippen MR) is 96.0 cm³/mol. The van der Waals surface area contributed by atoms with Gasteiger partial charge in [0.15, 0.2) is 5.11 Å². The monoisotopic (exact) mass is 352 g/mol. The van der Waals surface area contributed by atoms with Gasteiger partial charge < -0.3 is 15.4 Å². The number of anilines is 1. The molecule has 0 spiro atoms. The van der Waals surface area contributed by atoms with Gasteiger partial charge in [0.1, 0.15) is 0 Å². The smallest absolute Gasteiger partial charge is 0.339 e. The lowest BCUT2D eigenvalue weighted by atomic mass is 9.96. The number of carbonyl (C=O) groups is 1. The Kier molecular flexibility index (Phi) is 5.07. The van der Waals surface area contributed by atoms with Crippen LogP contribution < -0.4 is 10.6 Å². The van der Waals surface area contributed by atoms with E-state index in [0.29, 0.717) is 28.3 Å². The average Bonchev–Trinajstić information content (AvgIpc) is 3.10. The van der Waals surface area contributed by atoms with E-state index in [1.807, 2.05) is 0 Å². The van der Waals surface area contributed by atoms with Gasteiger partial charge in [0.25, 0.3) is 0 Å². The van der Waals surface area contributed by atoms with Crippen LogP contribution in [0.15, 0.2) is 18.2 Å². The van der Waals surface area contributed by atoms with Gasteiger partial charge in [0.05, 0.1) is 17.2 Å². The molecule has 6 heteroatoms. The third kappa shape index (κ3) is 3.78. The molecule has 2 aliphatic carbocycles. The van der Waals surface area contributed by atoms with Gasteiger partial charge in [-0.3, -0.25) is 0 Å². The number of benzene rings is 1. The minimum Gasteiger partial charge on any atom is -0.462 e. The van der Waals surface area contributed by atoms with Gasteiger partial charge in [-0.05, 0) is 68.4 Å². The fourth-order valence-corrected chi connectivity index (χ4v) is 4.25. The molecule has 0 aromatic heterocycles. The molecule has 2 bridgehead atoms. The van der Waals surface area contributed by atoms with Gasteiger partial charge in [-0.25, -0.2) is 4.79 Å². The zero-order chi connectivity index (χ0) is 16.4. The van der Waals surface area contributed by atoms with Crippen LogP contribution >= 0.6 is 23.8 Å². The van der Waals surface area contributed by atoms with Crippen LogP contribution in [0.5, 0.6) is 0 Å². The lowest BCUT2D eigenvalue weighted by molar-refractivity contribution is 0.0526. The molecule has 0 unspecified atom stereocenters. The van der Waals surface area contributed by atoms with Gasteiger partial charge in [-0.15, -0.1) is 0 Å². The highest BCUT2D eigenvalue weighted by Crippen LogP contribution is 2.44. The Labute approximate surface area is 146 Å². The number of rotatable bonds is 4. The topological polar surface area (TPSA) is 50.4 Å². The van der Waals surface area contributed by atoms with E-state index in [-0.39, 0.29) is 0 Å². The summed E-state index contributed by atoms with van der Waals surface area (Å²) in [5.74, 6) is 1.22. The summed E-state index contributed by atoms with van der Waals surface area (Å²) in [6, 6.07) is 5.63. The van der Waals surface area contributed by atoms with E-state index in [9.17, 15) is 4.79 Å². The molecule has 23 heavy (non-hydrogen) atoms. The Morgan fingerprint density at radius 1 is 1.39 bits per heavy atom. The van der Waals surface area contributed by atoms with Crippen molar-refractivity contribution in [3.8, 4) is 0 Å². The fourth-order valence-electron chi connectivity index (χ4n) is 3.72. The molecule has 3 atom stereocenters. The maximum absolute atomic E-state index is 11.7. The number of hydrogen-bond acceptors (Lipinski definition) is 3. The Hall–Kier alpha value is -1.33. The summed E-state index contributed by atoms with van der Waals surface area (Å²) >= 11 is 11.6. The lowest BCUT2D eigenvalue weighted by Gasteiger charge is -2.24. The van der Waals surface area contributed by atoms with Gasteiger partial charge >= 0.3 is 5.97 Å². The molecule has 0 radical (unpaired) electrons. The second kappa shape index (κ2) is 7.05. The summed E-state index contributed by atoms with van der Waals surface area (Å²) in [6.45, 7) is 2.09. The zero-order valence-electron chi connectivity index (χ0n) is 13.1. The van der Waals surface area contributed by atoms with Crippen LogP contribution in [0.25, 0.3) is 0 Å². The number of halogens is 1. The first-order valence-corrected chi connectivity index (χ1v) is 8.89. The van der Waals surface area contributed by atoms with Crippen LogP contribution in [-0.2, 0) is 4.74 Å². The number of ether oxygens (including phenoxy) is 1. The number of thiocarbonyl (C=S) groups is 1. The zero-order valence-corrected chi connectivity index (χ0v) is 14.7. The third-order valence-electron chi connectivity index (χ3n) is 4.78. The van der Waals surface area contributed by atoms with Crippen molar-refractivity contribution in [1.29, 1.82) is 0 Å². The molecule has 1 aromatic rings. The summed E-state index contributed by atoms with van der Waals surface area (Å²) < 4.78 is 4.96. The standard InChI is InChI=1S/C17H21ClN2O2S/c1-2-22-16(21)13-6-5-12(9-14(13)18)19-17(23)20-15-8-10-3-4-11(15)7-10/h5-6,9-11,15H,2-4,7-8H2,1H3,(H2,19,20,23)/t10-,11-,15-/m0/s1. The molecule has 0 amide bonds. The maximum atomic E-state index is 11.7. The molecule has 124 valence electrons. The van der Waals surface area contributed by atoms with Crippen LogP contribution in [0.1, 0.15) is 43.0 Å². The van der Waals surface area contributed by atoms with Crippen LogP contribution in [-0.4, -0.2) is 23.7 Å². The van der Waals surface area contributed by atoms with Gasteiger partial charge in [0, 0.05) is 11.7 Å². The molecule has 0 heterocycles. The summed E-state index contributed by atoms with van der Waals surface area (Å²) in [5, 5.41) is 7.54. The van der Waals surface area contributed by atoms with Crippen LogP contribution in [0.3, 0.4) is 0 Å². The molecule has 2 aliphatic rings. The minimum absolute atomic E-state index is 0.326. The molecule has 4 nitrogen and oxygen atoms in total. The Morgan fingerprint density at radius 2 is 2.22 bits per heavy atom. The number of hydrogen-bond donors (Lipinski definition) is 2. The first kappa shape index (κ1) is 16.5. The lowest BCUT2D eigenvalue weighted by Crippen LogP contribution is -2.40. The highest BCUT2D eigenvalue weighted by molar-refractivity contribution is 7.80. The summed E-state index contributed by atoms with van der Waals surface area (Å²) in [7, 11) is 0.